The van der Waals surface area contributed by atoms with Crippen molar-refractivity contribution >= 4 is 27.3 Å². The number of amides is 1. The molecule has 0 bridgehead atoms. The van der Waals surface area contributed by atoms with Gasteiger partial charge in [0, 0.05) is 25.7 Å². The van der Waals surface area contributed by atoms with E-state index in [4.69, 9.17) is 0 Å². The molecule has 3 heterocycles. The molecule has 1 aliphatic rings. The normalized spacial score (nSPS) is 14.1. The van der Waals surface area contributed by atoms with E-state index in [1.165, 1.54) is 21.9 Å². The summed E-state index contributed by atoms with van der Waals surface area (Å²) in [4.78, 5) is 31.2. The highest BCUT2D eigenvalue weighted by Gasteiger charge is 2.20. The standard InChI is InChI=1S/C18H19N5O2S/c1-12-6-2-3-7-13(12)11-19-16(25)14-10-15(24)20-17-23(14)21-18(26-17)22-8-4-5-9-22/h2-3,6-7,10H,4-5,8-9,11H2,1H3,(H,19,25). The first kappa shape index (κ1) is 16.7. The molecule has 1 fully saturated rings. The number of nitrogens with one attached hydrogen (secondary N) is 1. The number of anilines is 1. The molecule has 8 heteroatoms. The third-order valence-electron chi connectivity index (χ3n) is 4.55. The highest BCUT2D eigenvalue weighted by atomic mass is 32.1. The van der Waals surface area contributed by atoms with Crippen LogP contribution in [0.2, 0.25) is 0 Å². The van der Waals surface area contributed by atoms with Crippen LogP contribution in [0, 0.1) is 6.92 Å². The number of aryl methyl sites for hydroxylation is 1. The molecule has 0 saturated carbocycles. The summed E-state index contributed by atoms with van der Waals surface area (Å²) in [5, 5.41) is 8.21. The molecule has 3 aromatic rings. The average molecular weight is 369 g/mol. The summed E-state index contributed by atoms with van der Waals surface area (Å²) in [5.41, 5.74) is 1.93. The highest BCUT2D eigenvalue weighted by Crippen LogP contribution is 2.25. The minimum absolute atomic E-state index is 0.218. The quantitative estimate of drug-likeness (QED) is 0.761. The van der Waals surface area contributed by atoms with Crippen LogP contribution in [-0.2, 0) is 6.54 Å². The minimum Gasteiger partial charge on any atom is -0.347 e. The smallest absolute Gasteiger partial charge is 0.274 e. The third kappa shape index (κ3) is 3.20. The number of rotatable bonds is 4. The maximum atomic E-state index is 12.7. The highest BCUT2D eigenvalue weighted by molar-refractivity contribution is 7.20. The first-order valence-electron chi connectivity index (χ1n) is 8.60. The van der Waals surface area contributed by atoms with Crippen molar-refractivity contribution in [3.8, 4) is 0 Å². The topological polar surface area (TPSA) is 79.6 Å². The van der Waals surface area contributed by atoms with Gasteiger partial charge in [-0.25, -0.2) is 0 Å². The van der Waals surface area contributed by atoms with Gasteiger partial charge in [0.15, 0.2) is 0 Å². The van der Waals surface area contributed by atoms with Crippen LogP contribution in [0.4, 0.5) is 5.13 Å². The van der Waals surface area contributed by atoms with E-state index in [1.54, 1.807) is 0 Å². The Morgan fingerprint density at radius 2 is 2.04 bits per heavy atom. The van der Waals surface area contributed by atoms with Crippen LogP contribution in [0.5, 0.6) is 0 Å². The Morgan fingerprint density at radius 1 is 1.27 bits per heavy atom. The fourth-order valence-electron chi connectivity index (χ4n) is 3.08. The Balaban J connectivity index is 1.63. The molecule has 1 saturated heterocycles. The Labute approximate surface area is 154 Å². The number of hydrogen-bond donors (Lipinski definition) is 1. The van der Waals surface area contributed by atoms with Gasteiger partial charge < -0.3 is 10.2 Å². The van der Waals surface area contributed by atoms with Crippen molar-refractivity contribution < 1.29 is 4.79 Å². The van der Waals surface area contributed by atoms with Gasteiger partial charge in [0.25, 0.3) is 11.5 Å². The Morgan fingerprint density at radius 3 is 2.81 bits per heavy atom. The first-order chi connectivity index (χ1) is 12.6. The number of carbonyl (C=O) groups is 1. The maximum Gasteiger partial charge on any atom is 0.274 e. The van der Waals surface area contributed by atoms with E-state index >= 15 is 0 Å². The van der Waals surface area contributed by atoms with E-state index < -0.39 is 5.56 Å². The maximum absolute atomic E-state index is 12.7. The molecule has 26 heavy (non-hydrogen) atoms. The Bertz CT molecular complexity index is 1020. The van der Waals surface area contributed by atoms with E-state index in [0.717, 1.165) is 42.2 Å². The molecule has 134 valence electrons. The van der Waals surface area contributed by atoms with E-state index in [9.17, 15) is 9.59 Å². The lowest BCUT2D eigenvalue weighted by Gasteiger charge is -2.11. The van der Waals surface area contributed by atoms with E-state index in [1.807, 2.05) is 31.2 Å². The fraction of sp³-hybridized carbons (Fsp3) is 0.333. The van der Waals surface area contributed by atoms with E-state index in [2.05, 4.69) is 20.3 Å². The first-order valence-corrected chi connectivity index (χ1v) is 9.42. The zero-order valence-corrected chi connectivity index (χ0v) is 15.3. The van der Waals surface area contributed by atoms with Crippen LogP contribution < -0.4 is 15.8 Å². The number of aromatic nitrogens is 3. The zero-order chi connectivity index (χ0) is 18.1. The summed E-state index contributed by atoms with van der Waals surface area (Å²) in [6, 6.07) is 9.11. The molecule has 2 aromatic heterocycles. The summed E-state index contributed by atoms with van der Waals surface area (Å²) in [6.07, 6.45) is 2.26. The molecule has 0 radical (unpaired) electrons. The third-order valence-corrected chi connectivity index (χ3v) is 5.52. The lowest BCUT2D eigenvalue weighted by molar-refractivity contribution is 0.0943. The Kier molecular flexibility index (Phi) is 4.42. The van der Waals surface area contributed by atoms with Crippen molar-refractivity contribution in [2.75, 3.05) is 18.0 Å². The second-order valence-electron chi connectivity index (χ2n) is 6.36. The van der Waals surface area contributed by atoms with Gasteiger partial charge in [-0.2, -0.15) is 9.50 Å². The molecular formula is C18H19N5O2S. The molecule has 0 unspecified atom stereocenters. The van der Waals surface area contributed by atoms with Crippen LogP contribution in [0.3, 0.4) is 0 Å². The molecular weight excluding hydrogens is 350 g/mol. The number of nitrogens with zero attached hydrogens (tertiary/aromatic N) is 4. The summed E-state index contributed by atoms with van der Waals surface area (Å²) in [5.74, 6) is -0.332. The summed E-state index contributed by atoms with van der Waals surface area (Å²) in [6.45, 7) is 4.28. The van der Waals surface area contributed by atoms with Crippen LogP contribution in [0.25, 0.3) is 4.96 Å². The molecule has 1 N–H and O–H groups in total. The van der Waals surface area contributed by atoms with Crippen LogP contribution >= 0.6 is 11.3 Å². The lowest BCUT2D eigenvalue weighted by atomic mass is 10.1. The van der Waals surface area contributed by atoms with Gasteiger partial charge in [-0.1, -0.05) is 35.6 Å². The molecule has 1 amide bonds. The second kappa shape index (κ2) is 6.87. The van der Waals surface area contributed by atoms with Crippen LogP contribution in [-0.4, -0.2) is 33.6 Å². The zero-order valence-electron chi connectivity index (χ0n) is 14.4. The number of carbonyl (C=O) groups excluding carboxylic acids is 1. The van der Waals surface area contributed by atoms with Gasteiger partial charge >= 0.3 is 0 Å². The number of benzene rings is 1. The molecule has 4 rings (SSSR count). The number of fused-ring (bicyclic) bond motifs is 1. The van der Waals surface area contributed by atoms with Crippen molar-refractivity contribution in [1.29, 1.82) is 0 Å². The SMILES string of the molecule is Cc1ccccc1CNC(=O)c1cc(=O)nc2sc(N3CCCC3)nn12. The summed E-state index contributed by atoms with van der Waals surface area (Å²) >= 11 is 1.34. The largest absolute Gasteiger partial charge is 0.347 e. The van der Waals surface area contributed by atoms with Gasteiger partial charge in [-0.15, -0.1) is 5.10 Å². The lowest BCUT2D eigenvalue weighted by Crippen LogP contribution is -2.28. The molecule has 0 aliphatic carbocycles. The van der Waals surface area contributed by atoms with Gasteiger partial charge in [0.2, 0.25) is 10.1 Å². The predicted molar refractivity (Wildman–Crippen MR) is 101 cm³/mol. The monoisotopic (exact) mass is 369 g/mol. The Hall–Kier alpha value is -2.74. The van der Waals surface area contributed by atoms with Gasteiger partial charge in [-0.05, 0) is 30.9 Å². The summed E-state index contributed by atoms with van der Waals surface area (Å²) in [7, 11) is 0. The molecule has 1 aromatic carbocycles. The van der Waals surface area contributed by atoms with Gasteiger partial charge in [-0.3, -0.25) is 9.59 Å². The van der Waals surface area contributed by atoms with Crippen molar-refractivity contribution in [3.63, 3.8) is 0 Å². The van der Waals surface area contributed by atoms with Crippen molar-refractivity contribution in [2.45, 2.75) is 26.3 Å². The van der Waals surface area contributed by atoms with Gasteiger partial charge in [0.05, 0.1) is 0 Å². The summed E-state index contributed by atoms with van der Waals surface area (Å²) < 4.78 is 1.48. The average Bonchev–Trinajstić information content (AvgIpc) is 3.29. The molecule has 0 atom stereocenters. The second-order valence-corrected chi connectivity index (χ2v) is 7.30. The van der Waals surface area contributed by atoms with Crippen LogP contribution in [0.1, 0.15) is 34.5 Å². The van der Waals surface area contributed by atoms with E-state index in [0.29, 0.717) is 11.5 Å². The molecule has 7 nitrogen and oxygen atoms in total. The molecule has 1 aliphatic heterocycles. The van der Waals surface area contributed by atoms with Gasteiger partial charge in [0.1, 0.15) is 5.69 Å². The number of hydrogen-bond acceptors (Lipinski definition) is 6. The fourth-order valence-corrected chi connectivity index (χ4v) is 4.04. The predicted octanol–water partition coefficient (Wildman–Crippen LogP) is 1.99. The van der Waals surface area contributed by atoms with Crippen molar-refractivity contribution in [2.24, 2.45) is 0 Å². The van der Waals surface area contributed by atoms with Crippen LogP contribution in [0.15, 0.2) is 35.1 Å². The van der Waals surface area contributed by atoms with Crippen molar-refractivity contribution in [1.82, 2.24) is 19.9 Å². The minimum atomic E-state index is -0.428. The van der Waals surface area contributed by atoms with E-state index in [-0.39, 0.29) is 11.6 Å². The molecule has 0 spiro atoms. The van der Waals surface area contributed by atoms with Crippen molar-refractivity contribution in [3.05, 3.63) is 57.5 Å².